The van der Waals surface area contributed by atoms with Crippen molar-refractivity contribution >= 4 is 23.5 Å². The summed E-state index contributed by atoms with van der Waals surface area (Å²) >= 11 is 0. The van der Waals surface area contributed by atoms with Crippen LogP contribution in [0, 0.1) is 0 Å². The van der Waals surface area contributed by atoms with E-state index in [1.807, 2.05) is 0 Å². The maximum atomic E-state index is 11.4. The van der Waals surface area contributed by atoms with E-state index in [1.54, 1.807) is 0 Å². The predicted molar refractivity (Wildman–Crippen MR) is 90.4 cm³/mol. The second kappa shape index (κ2) is 12.7. The topological polar surface area (TPSA) is 186 Å². The van der Waals surface area contributed by atoms with Crippen molar-refractivity contribution in [2.45, 2.75) is 57.8 Å². The van der Waals surface area contributed by atoms with Crippen LogP contribution in [0.15, 0.2) is 0 Å². The van der Waals surface area contributed by atoms with Gasteiger partial charge in [0.2, 0.25) is 0 Å². The van der Waals surface area contributed by atoms with E-state index < -0.39 is 23.5 Å². The molecule has 0 aromatic carbocycles. The van der Waals surface area contributed by atoms with Gasteiger partial charge in [-0.1, -0.05) is 44.9 Å². The molecule has 0 fully saturated rings. The van der Waals surface area contributed by atoms with Crippen LogP contribution in [0.1, 0.15) is 57.8 Å². The summed E-state index contributed by atoms with van der Waals surface area (Å²) in [6.07, 6.45) is 8.67. The summed E-state index contributed by atoms with van der Waals surface area (Å²) in [5.41, 5.74) is 5.40. The summed E-state index contributed by atoms with van der Waals surface area (Å²) in [7, 11) is -15.8. The molecular formula is C11H28NO10P3. The third-order valence-electron chi connectivity index (χ3n) is 3.02. The molecule has 152 valence electrons. The summed E-state index contributed by atoms with van der Waals surface area (Å²) in [4.78, 5) is 35.0. The molecule has 0 bridgehead atoms. The Morgan fingerprint density at radius 2 is 1.08 bits per heavy atom. The third-order valence-corrected chi connectivity index (χ3v) is 6.85. The maximum Gasteiger partial charge on any atom is 0.490 e. The first-order valence-corrected chi connectivity index (χ1v) is 12.5. The number of unbranched alkanes of at least 4 members (excludes halogenated alkanes) is 8. The van der Waals surface area contributed by atoms with Crippen molar-refractivity contribution in [1.29, 1.82) is 0 Å². The Kier molecular flexibility index (Phi) is 12.9. The van der Waals surface area contributed by atoms with Crippen molar-refractivity contribution in [1.82, 2.24) is 0 Å². The van der Waals surface area contributed by atoms with Gasteiger partial charge in [0.15, 0.2) is 0 Å². The Morgan fingerprint density at radius 1 is 0.640 bits per heavy atom. The normalized spacial score (nSPS) is 17.2. The second-order valence-electron chi connectivity index (χ2n) is 5.39. The molecule has 0 aromatic rings. The Balaban J connectivity index is 3.77. The van der Waals surface area contributed by atoms with E-state index >= 15 is 0 Å². The number of nitrogens with two attached hydrogens (primary N) is 1. The van der Waals surface area contributed by atoms with Gasteiger partial charge in [0, 0.05) is 0 Å². The molecular weight excluding hydrogens is 399 g/mol. The van der Waals surface area contributed by atoms with E-state index in [9.17, 15) is 18.6 Å². The molecule has 6 N–H and O–H groups in total. The molecule has 0 heterocycles. The van der Waals surface area contributed by atoms with Crippen molar-refractivity contribution in [3.8, 4) is 0 Å². The molecule has 14 heteroatoms. The molecule has 0 spiro atoms. The molecule has 0 saturated heterocycles. The van der Waals surface area contributed by atoms with E-state index in [2.05, 4.69) is 13.1 Å². The molecule has 0 aromatic heterocycles. The van der Waals surface area contributed by atoms with E-state index in [0.29, 0.717) is 6.42 Å². The molecule has 0 amide bonds. The lowest BCUT2D eigenvalue weighted by Gasteiger charge is -2.16. The molecule has 0 aliphatic heterocycles. The van der Waals surface area contributed by atoms with Gasteiger partial charge >= 0.3 is 23.5 Å². The highest BCUT2D eigenvalue weighted by Crippen LogP contribution is 2.66. The minimum atomic E-state index is -5.43. The Hall–Kier alpha value is 0.370. The van der Waals surface area contributed by atoms with Gasteiger partial charge < -0.3 is 25.3 Å². The second-order valence-corrected chi connectivity index (χ2v) is 9.81. The lowest BCUT2D eigenvalue weighted by atomic mass is 10.1. The highest BCUT2D eigenvalue weighted by Gasteiger charge is 2.40. The zero-order chi connectivity index (χ0) is 19.4. The van der Waals surface area contributed by atoms with Gasteiger partial charge in [-0.05, 0) is 19.4 Å². The summed E-state index contributed by atoms with van der Waals surface area (Å²) in [6, 6.07) is 0. The molecule has 2 unspecified atom stereocenters. The number of phosphoric acid groups is 3. The lowest BCUT2D eigenvalue weighted by Crippen LogP contribution is -1.98. The predicted octanol–water partition coefficient (Wildman–Crippen LogP) is 2.80. The number of rotatable bonds is 16. The monoisotopic (exact) mass is 427 g/mol. The summed E-state index contributed by atoms with van der Waals surface area (Å²) in [6.45, 7) is 0.510. The van der Waals surface area contributed by atoms with Crippen molar-refractivity contribution in [2.75, 3.05) is 13.2 Å². The number of hydrogen-bond acceptors (Lipinski definition) is 7. The molecule has 0 radical (unpaired) electrons. The third kappa shape index (κ3) is 17.5. The largest absolute Gasteiger partial charge is 0.490 e. The minimum Gasteiger partial charge on any atom is -0.330 e. The van der Waals surface area contributed by atoms with E-state index in [-0.39, 0.29) is 6.61 Å². The number of phosphoric ester groups is 1. The van der Waals surface area contributed by atoms with Crippen LogP contribution in [0.3, 0.4) is 0 Å². The Morgan fingerprint density at radius 3 is 1.52 bits per heavy atom. The van der Waals surface area contributed by atoms with Crippen molar-refractivity contribution in [3.05, 3.63) is 0 Å². The lowest BCUT2D eigenvalue weighted by molar-refractivity contribution is 0.170. The van der Waals surface area contributed by atoms with Crippen LogP contribution in [0.25, 0.3) is 0 Å². The van der Waals surface area contributed by atoms with Gasteiger partial charge in [-0.2, -0.15) is 8.62 Å². The Bertz CT molecular complexity index is 496. The smallest absolute Gasteiger partial charge is 0.330 e. The molecule has 2 atom stereocenters. The molecule has 0 aliphatic rings. The first-order chi connectivity index (χ1) is 11.5. The van der Waals surface area contributed by atoms with Crippen LogP contribution < -0.4 is 5.73 Å². The van der Waals surface area contributed by atoms with Crippen molar-refractivity contribution in [3.63, 3.8) is 0 Å². The van der Waals surface area contributed by atoms with E-state index in [0.717, 1.165) is 57.9 Å². The quantitative estimate of drug-likeness (QED) is 0.180. The maximum absolute atomic E-state index is 11.4. The van der Waals surface area contributed by atoms with Gasteiger partial charge in [0.1, 0.15) is 0 Å². The molecule has 25 heavy (non-hydrogen) atoms. The number of hydrogen-bond donors (Lipinski definition) is 5. The van der Waals surface area contributed by atoms with Crippen molar-refractivity contribution in [2.24, 2.45) is 5.73 Å². The fourth-order valence-electron chi connectivity index (χ4n) is 1.97. The molecule has 0 rings (SSSR count). The fraction of sp³-hybridized carbons (Fsp3) is 1.00. The zero-order valence-electron chi connectivity index (χ0n) is 13.9. The van der Waals surface area contributed by atoms with Gasteiger partial charge in [-0.15, -0.1) is 0 Å². The minimum absolute atomic E-state index is 0.208. The van der Waals surface area contributed by atoms with Crippen LogP contribution in [-0.2, 0) is 26.8 Å². The van der Waals surface area contributed by atoms with Crippen LogP contribution >= 0.6 is 23.5 Å². The van der Waals surface area contributed by atoms with Crippen LogP contribution in [0.5, 0.6) is 0 Å². The first kappa shape index (κ1) is 25.4. The summed E-state index contributed by atoms with van der Waals surface area (Å²) in [5, 5.41) is 0. The Labute approximate surface area is 147 Å². The summed E-state index contributed by atoms with van der Waals surface area (Å²) in [5.74, 6) is 0. The standard InChI is InChI=1S/C11H28NO10P3/c12-10-8-6-4-2-1-3-5-7-9-11-20-24(16,17)22-25(18,19)21-23(13,14)15/h1-12H2,(H,16,17)(H,18,19)(H2,13,14,15). The van der Waals surface area contributed by atoms with E-state index in [4.69, 9.17) is 20.4 Å². The summed E-state index contributed by atoms with van der Waals surface area (Å²) < 4.78 is 44.6. The van der Waals surface area contributed by atoms with Gasteiger partial charge in [0.25, 0.3) is 0 Å². The van der Waals surface area contributed by atoms with Crippen LogP contribution in [-0.4, -0.2) is 32.7 Å². The molecule has 0 saturated carbocycles. The highest BCUT2D eigenvalue weighted by atomic mass is 31.3. The van der Waals surface area contributed by atoms with Crippen LogP contribution in [0.4, 0.5) is 0 Å². The SMILES string of the molecule is NCCCCCCCCCCCOP(=O)(O)OP(=O)(O)OP(=O)(O)O. The average Bonchev–Trinajstić information content (AvgIpc) is 2.40. The van der Waals surface area contributed by atoms with Crippen molar-refractivity contribution < 1.29 is 46.4 Å². The average molecular weight is 427 g/mol. The zero-order valence-corrected chi connectivity index (χ0v) is 16.6. The fourth-order valence-corrected chi connectivity index (χ4v) is 5.02. The van der Waals surface area contributed by atoms with Gasteiger partial charge in [-0.3, -0.25) is 4.52 Å². The van der Waals surface area contributed by atoms with Gasteiger partial charge in [0.05, 0.1) is 6.61 Å². The highest BCUT2D eigenvalue weighted by molar-refractivity contribution is 7.66. The van der Waals surface area contributed by atoms with Gasteiger partial charge in [-0.25, -0.2) is 13.7 Å². The molecule has 0 aliphatic carbocycles. The molecule has 11 nitrogen and oxygen atoms in total. The van der Waals surface area contributed by atoms with Crippen LogP contribution in [0.2, 0.25) is 0 Å². The van der Waals surface area contributed by atoms with E-state index in [1.165, 1.54) is 0 Å². The first-order valence-electron chi connectivity index (χ1n) is 7.96.